The Labute approximate surface area is 114 Å². The molecule has 102 valence electrons. The van der Waals surface area contributed by atoms with Crippen LogP contribution in [0.4, 0.5) is 5.69 Å². The number of thioether (sulfide) groups is 1. The summed E-state index contributed by atoms with van der Waals surface area (Å²) >= 11 is 1.45. The van der Waals surface area contributed by atoms with Crippen molar-refractivity contribution in [3.05, 3.63) is 28.3 Å². The number of nitrogens with zero attached hydrogens (tertiary/aromatic N) is 6. The lowest BCUT2D eigenvalue weighted by atomic mass is 10.4. The molecule has 0 aliphatic rings. The van der Waals surface area contributed by atoms with Crippen molar-refractivity contribution in [1.29, 1.82) is 0 Å². The van der Waals surface area contributed by atoms with E-state index in [4.69, 9.17) is 0 Å². The summed E-state index contributed by atoms with van der Waals surface area (Å²) in [5.74, 6) is 1.41. The van der Waals surface area contributed by atoms with Gasteiger partial charge in [0.2, 0.25) is 0 Å². The summed E-state index contributed by atoms with van der Waals surface area (Å²) in [6.07, 6.45) is 3.47. The molecule has 0 atom stereocenters. The van der Waals surface area contributed by atoms with Crippen molar-refractivity contribution in [2.45, 2.75) is 37.8 Å². The summed E-state index contributed by atoms with van der Waals surface area (Å²) in [4.78, 5) is 10.1. The molecule has 9 heteroatoms. The Hall–Kier alpha value is -1.90. The normalized spacial score (nSPS) is 10.8. The number of aromatic nitrogens is 5. The Kier molecular flexibility index (Phi) is 4.15. The molecule has 19 heavy (non-hydrogen) atoms. The molecule has 0 aromatic carbocycles. The fourth-order valence-corrected chi connectivity index (χ4v) is 2.52. The molecular formula is C10H14N6O2S. The number of hydrogen-bond acceptors (Lipinski definition) is 6. The van der Waals surface area contributed by atoms with Gasteiger partial charge in [0.25, 0.3) is 0 Å². The predicted molar refractivity (Wildman–Crippen MR) is 69.8 cm³/mol. The largest absolute Gasteiger partial charge is 0.307 e. The van der Waals surface area contributed by atoms with Gasteiger partial charge < -0.3 is 4.57 Å². The molecule has 0 amide bonds. The van der Waals surface area contributed by atoms with Gasteiger partial charge in [0.1, 0.15) is 18.2 Å². The van der Waals surface area contributed by atoms with Crippen LogP contribution in [0, 0.1) is 10.1 Å². The van der Waals surface area contributed by atoms with Crippen molar-refractivity contribution in [2.24, 2.45) is 0 Å². The van der Waals surface area contributed by atoms with Gasteiger partial charge in [-0.1, -0.05) is 18.7 Å². The van der Waals surface area contributed by atoms with Crippen molar-refractivity contribution >= 4 is 17.4 Å². The fraction of sp³-hybridized carbons (Fsp3) is 0.500. The van der Waals surface area contributed by atoms with Gasteiger partial charge >= 0.3 is 5.69 Å². The van der Waals surface area contributed by atoms with Gasteiger partial charge in [0.15, 0.2) is 5.16 Å². The molecule has 0 unspecified atom stereocenters. The van der Waals surface area contributed by atoms with Gasteiger partial charge in [0.05, 0.1) is 10.8 Å². The minimum atomic E-state index is -0.460. The van der Waals surface area contributed by atoms with E-state index < -0.39 is 4.92 Å². The second-order valence-corrected chi connectivity index (χ2v) is 4.68. The topological polar surface area (TPSA) is 91.7 Å². The molecule has 2 aromatic heterocycles. The minimum absolute atomic E-state index is 0.00759. The number of nitro groups is 1. The third kappa shape index (κ3) is 2.92. The van der Waals surface area contributed by atoms with E-state index in [2.05, 4.69) is 15.3 Å². The molecule has 0 saturated heterocycles. The summed E-state index contributed by atoms with van der Waals surface area (Å²) in [7, 11) is 0. The van der Waals surface area contributed by atoms with Crippen LogP contribution < -0.4 is 0 Å². The molecule has 0 spiro atoms. The number of aryl methyl sites for hydroxylation is 1. The van der Waals surface area contributed by atoms with E-state index >= 15 is 0 Å². The van der Waals surface area contributed by atoms with Crippen LogP contribution >= 0.6 is 11.8 Å². The minimum Gasteiger partial charge on any atom is -0.306 e. The zero-order valence-corrected chi connectivity index (χ0v) is 11.5. The third-order valence-corrected chi connectivity index (χ3v) is 3.54. The summed E-state index contributed by atoms with van der Waals surface area (Å²) in [6, 6.07) is 0. The molecule has 0 aliphatic carbocycles. The summed E-state index contributed by atoms with van der Waals surface area (Å²) in [6.45, 7) is 4.87. The quantitative estimate of drug-likeness (QED) is 0.455. The van der Waals surface area contributed by atoms with Crippen LogP contribution in [0.1, 0.15) is 19.7 Å². The molecule has 0 N–H and O–H groups in total. The Balaban J connectivity index is 2.05. The van der Waals surface area contributed by atoms with Crippen LogP contribution in [0.2, 0.25) is 0 Å². The molecular weight excluding hydrogens is 268 g/mol. The van der Waals surface area contributed by atoms with E-state index in [1.54, 1.807) is 0 Å². The molecule has 2 aromatic rings. The molecule has 2 rings (SSSR count). The highest BCUT2D eigenvalue weighted by Crippen LogP contribution is 2.20. The lowest BCUT2D eigenvalue weighted by molar-refractivity contribution is -0.385. The standard InChI is InChI=1S/C10H14N6O2S/c1-3-9-12-13-10(15(9)4-2)19-7-14-6-8(5-11-14)16(17)18/h5-6H,3-4,7H2,1-2H3. The zero-order valence-electron chi connectivity index (χ0n) is 10.7. The Bertz CT molecular complexity index is 578. The second kappa shape index (κ2) is 5.83. The van der Waals surface area contributed by atoms with Crippen molar-refractivity contribution < 1.29 is 4.92 Å². The fourth-order valence-electron chi connectivity index (χ4n) is 1.65. The van der Waals surface area contributed by atoms with Crippen molar-refractivity contribution in [2.75, 3.05) is 0 Å². The lowest BCUT2D eigenvalue weighted by Crippen LogP contribution is -2.03. The first-order valence-electron chi connectivity index (χ1n) is 5.87. The van der Waals surface area contributed by atoms with Crippen molar-refractivity contribution in [3.8, 4) is 0 Å². The molecule has 0 radical (unpaired) electrons. The van der Waals surface area contributed by atoms with E-state index in [0.29, 0.717) is 5.88 Å². The van der Waals surface area contributed by atoms with Gasteiger partial charge in [-0.05, 0) is 6.92 Å². The van der Waals surface area contributed by atoms with Crippen LogP contribution in [-0.2, 0) is 18.8 Å². The van der Waals surface area contributed by atoms with Crippen LogP contribution in [0.15, 0.2) is 17.6 Å². The average molecular weight is 282 g/mol. The van der Waals surface area contributed by atoms with Crippen LogP contribution in [0.5, 0.6) is 0 Å². The van der Waals surface area contributed by atoms with Crippen molar-refractivity contribution in [1.82, 2.24) is 24.5 Å². The molecule has 2 heterocycles. The maximum atomic E-state index is 10.6. The highest BCUT2D eigenvalue weighted by atomic mass is 32.2. The average Bonchev–Trinajstić information content (AvgIpc) is 3.02. The van der Waals surface area contributed by atoms with E-state index in [9.17, 15) is 10.1 Å². The van der Waals surface area contributed by atoms with Crippen LogP contribution in [-0.4, -0.2) is 29.5 Å². The van der Waals surface area contributed by atoms with Crippen LogP contribution in [0.25, 0.3) is 0 Å². The Morgan fingerprint density at radius 1 is 1.42 bits per heavy atom. The van der Waals surface area contributed by atoms with Gasteiger partial charge in [-0.15, -0.1) is 10.2 Å². The Morgan fingerprint density at radius 2 is 2.21 bits per heavy atom. The monoisotopic (exact) mass is 282 g/mol. The second-order valence-electron chi connectivity index (χ2n) is 3.77. The SMILES string of the molecule is CCc1nnc(SCn2cc([N+](=O)[O-])cn2)n1CC. The smallest absolute Gasteiger partial charge is 0.306 e. The highest BCUT2D eigenvalue weighted by Gasteiger charge is 2.12. The number of hydrogen-bond donors (Lipinski definition) is 0. The zero-order chi connectivity index (χ0) is 13.8. The lowest BCUT2D eigenvalue weighted by Gasteiger charge is -2.05. The molecule has 0 aliphatic heterocycles. The van der Waals surface area contributed by atoms with E-state index in [1.165, 1.54) is 28.8 Å². The van der Waals surface area contributed by atoms with E-state index in [-0.39, 0.29) is 5.69 Å². The summed E-state index contributed by atoms with van der Waals surface area (Å²) < 4.78 is 3.55. The molecule has 0 fully saturated rings. The van der Waals surface area contributed by atoms with E-state index in [1.807, 2.05) is 18.4 Å². The first-order valence-corrected chi connectivity index (χ1v) is 6.86. The first-order chi connectivity index (χ1) is 9.15. The predicted octanol–water partition coefficient (Wildman–Crippen LogP) is 1.71. The molecule has 0 saturated carbocycles. The number of rotatable bonds is 6. The van der Waals surface area contributed by atoms with Crippen molar-refractivity contribution in [3.63, 3.8) is 0 Å². The molecule has 0 bridgehead atoms. The summed E-state index contributed by atoms with van der Waals surface area (Å²) in [5, 5.41) is 23.5. The van der Waals surface area contributed by atoms with E-state index in [0.717, 1.165) is 23.9 Å². The van der Waals surface area contributed by atoms with Gasteiger partial charge in [-0.3, -0.25) is 14.8 Å². The third-order valence-electron chi connectivity index (χ3n) is 2.58. The first kappa shape index (κ1) is 13.5. The molecule has 8 nitrogen and oxygen atoms in total. The van der Waals surface area contributed by atoms with Gasteiger partial charge in [0, 0.05) is 13.0 Å². The van der Waals surface area contributed by atoms with Crippen LogP contribution in [0.3, 0.4) is 0 Å². The van der Waals surface area contributed by atoms with Gasteiger partial charge in [-0.2, -0.15) is 5.10 Å². The summed E-state index contributed by atoms with van der Waals surface area (Å²) in [5.41, 5.74) is -0.00759. The Morgan fingerprint density at radius 3 is 2.79 bits per heavy atom. The maximum Gasteiger partial charge on any atom is 0.307 e. The van der Waals surface area contributed by atoms with Gasteiger partial charge in [-0.25, -0.2) is 0 Å². The maximum absolute atomic E-state index is 10.6. The highest BCUT2D eigenvalue weighted by molar-refractivity contribution is 7.98.